The smallest absolute Gasteiger partial charge is 0.215 e. The summed E-state index contributed by atoms with van der Waals surface area (Å²) < 4.78 is 5.50. The molecule has 0 aliphatic heterocycles. The van der Waals surface area contributed by atoms with Crippen molar-refractivity contribution in [2.45, 2.75) is 5.01 Å². The maximum absolute atomic E-state index is 12.0. The van der Waals surface area contributed by atoms with Gasteiger partial charge in [0, 0.05) is 5.56 Å². The molecule has 3 heteroatoms. The van der Waals surface area contributed by atoms with Crippen molar-refractivity contribution in [1.29, 1.82) is 0 Å². The number of rotatable bonds is 4. The molecule has 2 rings (SSSR count). The van der Waals surface area contributed by atoms with E-state index in [0.29, 0.717) is 11.3 Å². The first kappa shape index (κ1) is 11.9. The fraction of sp³-hybridized carbons (Fsp3) is 0.0714. The number of hydrogen-bond acceptors (Lipinski definition) is 2. The molecule has 2 nitrogen and oxygen atoms in total. The summed E-state index contributed by atoms with van der Waals surface area (Å²) >= 11 is 3.24. The fourth-order valence-corrected chi connectivity index (χ4v) is 1.89. The third kappa shape index (κ3) is 3.17. The molecule has 0 bridgehead atoms. The summed E-state index contributed by atoms with van der Waals surface area (Å²) in [5.41, 5.74) is 0.630. The summed E-state index contributed by atoms with van der Waals surface area (Å²) in [4.78, 5) is 12.0. The van der Waals surface area contributed by atoms with Crippen LogP contribution in [0.15, 0.2) is 60.7 Å². The van der Waals surface area contributed by atoms with Gasteiger partial charge in [0.1, 0.15) is 5.75 Å². The number of carbonyl (C=O) groups excluding carboxylic acids is 1. The van der Waals surface area contributed by atoms with Gasteiger partial charge in [0.2, 0.25) is 10.8 Å². The number of Topliss-reactive ketones (excluding diaryl/α,β-unsaturated/α-hetero) is 1. The van der Waals surface area contributed by atoms with Gasteiger partial charge in [0.05, 0.1) is 0 Å². The minimum absolute atomic E-state index is 0.0885. The highest BCUT2D eigenvalue weighted by molar-refractivity contribution is 9.09. The van der Waals surface area contributed by atoms with Crippen molar-refractivity contribution in [3.8, 4) is 5.75 Å². The molecule has 0 aliphatic rings. The maximum atomic E-state index is 12.0. The van der Waals surface area contributed by atoms with E-state index in [1.54, 1.807) is 12.1 Å². The number of ketones is 1. The van der Waals surface area contributed by atoms with Gasteiger partial charge in [-0.2, -0.15) is 0 Å². The van der Waals surface area contributed by atoms with Crippen molar-refractivity contribution >= 4 is 21.7 Å². The van der Waals surface area contributed by atoms with Crippen LogP contribution in [0.5, 0.6) is 5.75 Å². The second-order valence-electron chi connectivity index (χ2n) is 3.48. The number of halogens is 1. The number of para-hydroxylation sites is 1. The first-order valence-corrected chi connectivity index (χ1v) is 6.14. The molecule has 0 heterocycles. The monoisotopic (exact) mass is 290 g/mol. The van der Waals surface area contributed by atoms with E-state index in [0.717, 1.165) is 0 Å². The fourth-order valence-electron chi connectivity index (χ4n) is 1.41. The van der Waals surface area contributed by atoms with Gasteiger partial charge in [0.15, 0.2) is 0 Å². The van der Waals surface area contributed by atoms with Crippen LogP contribution in [0.2, 0.25) is 0 Å². The standard InChI is InChI=1S/C14H11BrO2/c15-14(17-12-9-5-2-6-10-12)13(16)11-7-3-1-4-8-11/h1-10,14H. The van der Waals surface area contributed by atoms with Crippen LogP contribution in [0.3, 0.4) is 0 Å². The molecule has 0 aromatic heterocycles. The number of hydrogen-bond donors (Lipinski definition) is 0. The summed E-state index contributed by atoms with van der Waals surface area (Å²) in [5, 5.41) is -0.660. The van der Waals surface area contributed by atoms with Gasteiger partial charge in [-0.1, -0.05) is 48.5 Å². The van der Waals surface area contributed by atoms with Crippen LogP contribution in [0, 0.1) is 0 Å². The minimum atomic E-state index is -0.660. The Hall–Kier alpha value is -1.61. The summed E-state index contributed by atoms with van der Waals surface area (Å²) in [6.45, 7) is 0. The predicted molar refractivity (Wildman–Crippen MR) is 70.6 cm³/mol. The quantitative estimate of drug-likeness (QED) is 0.634. The Morgan fingerprint density at radius 2 is 1.47 bits per heavy atom. The molecule has 1 unspecified atom stereocenters. The van der Waals surface area contributed by atoms with Gasteiger partial charge in [0.25, 0.3) is 0 Å². The lowest BCUT2D eigenvalue weighted by atomic mass is 10.1. The van der Waals surface area contributed by atoms with Crippen LogP contribution in [0.4, 0.5) is 0 Å². The van der Waals surface area contributed by atoms with Crippen LogP contribution < -0.4 is 4.74 Å². The molecule has 1 atom stereocenters. The number of alkyl halides is 1. The second kappa shape index (κ2) is 5.64. The lowest BCUT2D eigenvalue weighted by molar-refractivity contribution is 0.0897. The molecule has 0 saturated heterocycles. The van der Waals surface area contributed by atoms with Crippen LogP contribution in [-0.4, -0.2) is 10.8 Å². The number of benzene rings is 2. The Labute approximate surface area is 108 Å². The Balaban J connectivity index is 2.06. The molecule has 2 aromatic carbocycles. The third-order valence-corrected chi connectivity index (χ3v) is 2.85. The van der Waals surface area contributed by atoms with Crippen LogP contribution in [0.25, 0.3) is 0 Å². The van der Waals surface area contributed by atoms with Crippen molar-refractivity contribution in [3.05, 3.63) is 66.2 Å². The van der Waals surface area contributed by atoms with Gasteiger partial charge in [-0.25, -0.2) is 0 Å². The van der Waals surface area contributed by atoms with E-state index in [-0.39, 0.29) is 5.78 Å². The summed E-state index contributed by atoms with van der Waals surface area (Å²) in [7, 11) is 0. The van der Waals surface area contributed by atoms with Crippen LogP contribution in [0.1, 0.15) is 10.4 Å². The Kier molecular flexibility index (Phi) is 3.94. The van der Waals surface area contributed by atoms with E-state index in [2.05, 4.69) is 15.9 Å². The van der Waals surface area contributed by atoms with Gasteiger partial charge in [-0.05, 0) is 28.1 Å². The van der Waals surface area contributed by atoms with E-state index in [4.69, 9.17) is 4.74 Å². The normalized spacial score (nSPS) is 11.8. The maximum Gasteiger partial charge on any atom is 0.215 e. The highest BCUT2D eigenvalue weighted by Crippen LogP contribution is 2.17. The average Bonchev–Trinajstić information content (AvgIpc) is 2.40. The zero-order valence-corrected chi connectivity index (χ0v) is 10.6. The van der Waals surface area contributed by atoms with Gasteiger partial charge < -0.3 is 4.74 Å². The third-order valence-electron chi connectivity index (χ3n) is 2.25. The molecule has 0 fully saturated rings. The molecule has 0 N–H and O–H groups in total. The lowest BCUT2D eigenvalue weighted by Gasteiger charge is -2.11. The lowest BCUT2D eigenvalue weighted by Crippen LogP contribution is -2.20. The van der Waals surface area contributed by atoms with E-state index in [1.165, 1.54) is 0 Å². The molecule has 0 spiro atoms. The average molecular weight is 291 g/mol. The Morgan fingerprint density at radius 1 is 0.941 bits per heavy atom. The molecular weight excluding hydrogens is 280 g/mol. The number of ether oxygens (including phenoxy) is 1. The summed E-state index contributed by atoms with van der Waals surface area (Å²) in [5.74, 6) is 0.577. The van der Waals surface area contributed by atoms with E-state index >= 15 is 0 Å². The predicted octanol–water partition coefficient (Wildman–Crippen LogP) is 3.67. The highest BCUT2D eigenvalue weighted by Gasteiger charge is 2.17. The Bertz CT molecular complexity index is 482. The van der Waals surface area contributed by atoms with Crippen LogP contribution >= 0.6 is 15.9 Å². The van der Waals surface area contributed by atoms with E-state index < -0.39 is 5.01 Å². The van der Waals surface area contributed by atoms with Crippen molar-refractivity contribution in [2.24, 2.45) is 0 Å². The van der Waals surface area contributed by atoms with Crippen molar-refractivity contribution in [2.75, 3.05) is 0 Å². The van der Waals surface area contributed by atoms with Crippen molar-refractivity contribution < 1.29 is 9.53 Å². The molecule has 0 amide bonds. The van der Waals surface area contributed by atoms with Gasteiger partial charge in [-0.15, -0.1) is 0 Å². The molecule has 0 saturated carbocycles. The molecule has 0 radical (unpaired) electrons. The zero-order chi connectivity index (χ0) is 12.1. The molecule has 0 aliphatic carbocycles. The number of carbonyl (C=O) groups is 1. The topological polar surface area (TPSA) is 26.3 Å². The summed E-state index contributed by atoms with van der Waals surface area (Å²) in [6, 6.07) is 18.3. The highest BCUT2D eigenvalue weighted by atomic mass is 79.9. The first-order chi connectivity index (χ1) is 8.27. The zero-order valence-electron chi connectivity index (χ0n) is 9.05. The Morgan fingerprint density at radius 3 is 2.06 bits per heavy atom. The molecule has 17 heavy (non-hydrogen) atoms. The first-order valence-electron chi connectivity index (χ1n) is 5.22. The molecule has 86 valence electrons. The SMILES string of the molecule is O=C(c1ccccc1)C(Br)Oc1ccccc1. The van der Waals surface area contributed by atoms with E-state index in [9.17, 15) is 4.79 Å². The van der Waals surface area contributed by atoms with Crippen molar-refractivity contribution in [1.82, 2.24) is 0 Å². The molecule has 2 aromatic rings. The van der Waals surface area contributed by atoms with Crippen LogP contribution in [-0.2, 0) is 0 Å². The van der Waals surface area contributed by atoms with Crippen molar-refractivity contribution in [3.63, 3.8) is 0 Å². The summed E-state index contributed by atoms with van der Waals surface area (Å²) in [6.07, 6.45) is 0. The van der Waals surface area contributed by atoms with Gasteiger partial charge in [-0.3, -0.25) is 4.79 Å². The minimum Gasteiger partial charge on any atom is -0.471 e. The second-order valence-corrected chi connectivity index (χ2v) is 4.31. The van der Waals surface area contributed by atoms with Gasteiger partial charge >= 0.3 is 0 Å². The largest absolute Gasteiger partial charge is 0.471 e. The molecular formula is C14H11BrO2. The van der Waals surface area contributed by atoms with E-state index in [1.807, 2.05) is 48.5 Å².